The van der Waals surface area contributed by atoms with Crippen molar-refractivity contribution < 1.29 is 18.5 Å². The summed E-state index contributed by atoms with van der Waals surface area (Å²) in [6.07, 6.45) is 4.00. The minimum Gasteiger partial charge on any atom is -0.377 e. The molecule has 1 aromatic heterocycles. The fourth-order valence-electron chi connectivity index (χ4n) is 1.65. The molecule has 1 rings (SSSR count). The first-order valence-electron chi connectivity index (χ1n) is 7.32. The molecule has 0 aliphatic carbocycles. The van der Waals surface area contributed by atoms with Gasteiger partial charge >= 0.3 is 0 Å². The highest BCUT2D eigenvalue weighted by molar-refractivity contribution is 7.93. The summed E-state index contributed by atoms with van der Waals surface area (Å²) in [6.45, 7) is 5.29. The zero-order chi connectivity index (χ0) is 16.0. The van der Waals surface area contributed by atoms with Crippen LogP contribution in [0.4, 0.5) is 5.82 Å². The van der Waals surface area contributed by atoms with Crippen molar-refractivity contribution in [3.8, 4) is 0 Å². The standard InChI is InChI=1S/C15H24N2O4S/c1-3-14(18)13-4-5-16-15(12-13)17-6-7-19-8-9-20-10-11-21-22-2/h4-5,12H,3,6-11H2,1-2H3,(H,16,17). The van der Waals surface area contributed by atoms with Crippen molar-refractivity contribution in [2.24, 2.45) is 0 Å². The third-order valence-corrected chi connectivity index (χ3v) is 3.16. The number of ether oxygens (including phenoxy) is 2. The van der Waals surface area contributed by atoms with Gasteiger partial charge < -0.3 is 19.0 Å². The van der Waals surface area contributed by atoms with Crippen molar-refractivity contribution in [3.63, 3.8) is 0 Å². The molecule has 1 heterocycles. The quantitative estimate of drug-likeness (QED) is 0.339. The molecule has 0 atom stereocenters. The summed E-state index contributed by atoms with van der Waals surface area (Å²) in [5.41, 5.74) is 0.682. The van der Waals surface area contributed by atoms with E-state index in [2.05, 4.69) is 10.3 Å². The first-order valence-corrected chi connectivity index (χ1v) is 8.47. The number of aromatic nitrogens is 1. The lowest BCUT2D eigenvalue weighted by atomic mass is 10.1. The van der Waals surface area contributed by atoms with Gasteiger partial charge in [0.05, 0.1) is 33.0 Å². The van der Waals surface area contributed by atoms with Gasteiger partial charge in [0.2, 0.25) is 0 Å². The molecule has 1 aromatic rings. The summed E-state index contributed by atoms with van der Waals surface area (Å²) in [7, 11) is 0. The Morgan fingerprint density at radius 3 is 2.68 bits per heavy atom. The fraction of sp³-hybridized carbons (Fsp3) is 0.600. The highest BCUT2D eigenvalue weighted by atomic mass is 32.2. The van der Waals surface area contributed by atoms with E-state index in [-0.39, 0.29) is 5.78 Å². The number of nitrogens with zero attached hydrogens (tertiary/aromatic N) is 1. The molecule has 0 fully saturated rings. The minimum absolute atomic E-state index is 0.115. The van der Waals surface area contributed by atoms with Crippen molar-refractivity contribution in [1.82, 2.24) is 4.98 Å². The zero-order valence-electron chi connectivity index (χ0n) is 13.2. The lowest BCUT2D eigenvalue weighted by molar-refractivity contribution is 0.0419. The molecule has 0 aliphatic rings. The molecule has 0 spiro atoms. The molecule has 0 bridgehead atoms. The Morgan fingerprint density at radius 2 is 1.95 bits per heavy atom. The first kappa shape index (κ1) is 18.9. The fourth-order valence-corrected chi connectivity index (χ4v) is 1.89. The van der Waals surface area contributed by atoms with Gasteiger partial charge in [0.1, 0.15) is 5.82 Å². The number of rotatable bonds is 13. The van der Waals surface area contributed by atoms with E-state index < -0.39 is 0 Å². The average Bonchev–Trinajstić information content (AvgIpc) is 2.56. The maximum atomic E-state index is 11.6. The van der Waals surface area contributed by atoms with Gasteiger partial charge in [-0.05, 0) is 24.2 Å². The number of ketones is 1. The number of nitrogens with one attached hydrogen (secondary N) is 1. The Bertz CT molecular complexity index is 432. The molecule has 0 saturated carbocycles. The predicted molar refractivity (Wildman–Crippen MR) is 88.5 cm³/mol. The second-order valence-electron chi connectivity index (χ2n) is 4.35. The van der Waals surface area contributed by atoms with Crippen LogP contribution in [0, 0.1) is 0 Å². The van der Waals surface area contributed by atoms with Crippen LogP contribution >= 0.6 is 12.0 Å². The first-order chi connectivity index (χ1) is 10.8. The molecule has 1 N–H and O–H groups in total. The van der Waals surface area contributed by atoms with E-state index in [1.165, 1.54) is 12.0 Å². The van der Waals surface area contributed by atoms with E-state index >= 15 is 0 Å². The van der Waals surface area contributed by atoms with Crippen LogP contribution < -0.4 is 5.32 Å². The molecule has 0 radical (unpaired) electrons. The van der Waals surface area contributed by atoms with Gasteiger partial charge in [-0.2, -0.15) is 0 Å². The van der Waals surface area contributed by atoms with Crippen LogP contribution in [0.5, 0.6) is 0 Å². The van der Waals surface area contributed by atoms with E-state index in [0.717, 1.165) is 0 Å². The van der Waals surface area contributed by atoms with E-state index in [1.807, 2.05) is 13.2 Å². The van der Waals surface area contributed by atoms with Crippen LogP contribution in [0.1, 0.15) is 23.7 Å². The lowest BCUT2D eigenvalue weighted by Crippen LogP contribution is -2.14. The molecule has 0 unspecified atom stereocenters. The average molecular weight is 328 g/mol. The van der Waals surface area contributed by atoms with Gasteiger partial charge in [0, 0.05) is 31.0 Å². The highest BCUT2D eigenvalue weighted by Crippen LogP contribution is 2.08. The van der Waals surface area contributed by atoms with Gasteiger partial charge in [-0.15, -0.1) is 0 Å². The summed E-state index contributed by atoms with van der Waals surface area (Å²) in [6, 6.07) is 3.49. The second-order valence-corrected chi connectivity index (χ2v) is 4.92. The number of hydrogen-bond acceptors (Lipinski definition) is 7. The Labute approximate surface area is 136 Å². The molecule has 0 aliphatic heterocycles. The van der Waals surface area contributed by atoms with Crippen LogP contribution in [-0.2, 0) is 13.7 Å². The van der Waals surface area contributed by atoms with Crippen LogP contribution in [-0.4, -0.2) is 56.6 Å². The molecule has 22 heavy (non-hydrogen) atoms. The topological polar surface area (TPSA) is 69.7 Å². The molecule has 124 valence electrons. The maximum absolute atomic E-state index is 11.6. The molecule has 7 heteroatoms. The van der Waals surface area contributed by atoms with Crippen LogP contribution in [0.15, 0.2) is 18.3 Å². The van der Waals surface area contributed by atoms with Crippen molar-refractivity contribution in [2.45, 2.75) is 13.3 Å². The zero-order valence-corrected chi connectivity index (χ0v) is 14.0. The Kier molecular flexibility index (Phi) is 10.7. The smallest absolute Gasteiger partial charge is 0.162 e. The number of pyridine rings is 1. The van der Waals surface area contributed by atoms with Crippen molar-refractivity contribution in [1.29, 1.82) is 0 Å². The number of carbonyl (C=O) groups is 1. The largest absolute Gasteiger partial charge is 0.377 e. The Hall–Kier alpha value is -1.15. The summed E-state index contributed by atoms with van der Waals surface area (Å²) in [5, 5.41) is 3.13. The molecular weight excluding hydrogens is 304 g/mol. The van der Waals surface area contributed by atoms with Crippen molar-refractivity contribution in [2.75, 3.05) is 51.2 Å². The van der Waals surface area contributed by atoms with Gasteiger partial charge in [0.25, 0.3) is 0 Å². The molecule has 0 saturated heterocycles. The van der Waals surface area contributed by atoms with E-state index in [1.54, 1.807) is 18.3 Å². The number of hydrogen-bond donors (Lipinski definition) is 1. The highest BCUT2D eigenvalue weighted by Gasteiger charge is 2.04. The monoisotopic (exact) mass is 328 g/mol. The van der Waals surface area contributed by atoms with E-state index in [4.69, 9.17) is 13.7 Å². The van der Waals surface area contributed by atoms with Gasteiger partial charge in [0.15, 0.2) is 5.78 Å². The van der Waals surface area contributed by atoms with Gasteiger partial charge in [-0.25, -0.2) is 4.98 Å². The summed E-state index contributed by atoms with van der Waals surface area (Å²) >= 11 is 1.33. The maximum Gasteiger partial charge on any atom is 0.162 e. The Morgan fingerprint density at radius 1 is 1.23 bits per heavy atom. The van der Waals surface area contributed by atoms with Crippen molar-refractivity contribution in [3.05, 3.63) is 23.9 Å². The summed E-state index contributed by atoms with van der Waals surface area (Å²) in [5.74, 6) is 0.803. The van der Waals surface area contributed by atoms with Crippen LogP contribution in [0.3, 0.4) is 0 Å². The number of anilines is 1. The molecule has 0 amide bonds. The predicted octanol–water partition coefficient (Wildman–Crippen LogP) is 2.41. The third kappa shape index (κ3) is 8.33. The lowest BCUT2D eigenvalue weighted by Gasteiger charge is -2.08. The van der Waals surface area contributed by atoms with Crippen molar-refractivity contribution >= 4 is 23.6 Å². The SMILES string of the molecule is CCC(=O)c1ccnc(NCCOCCOCCOSC)c1. The molecule has 0 aromatic carbocycles. The third-order valence-electron chi connectivity index (χ3n) is 2.76. The second kappa shape index (κ2) is 12.4. The summed E-state index contributed by atoms with van der Waals surface area (Å²) in [4.78, 5) is 15.8. The molecular formula is C15H24N2O4S. The van der Waals surface area contributed by atoms with Gasteiger partial charge in [-0.1, -0.05) is 6.92 Å². The van der Waals surface area contributed by atoms with E-state index in [9.17, 15) is 4.79 Å². The molecule has 6 nitrogen and oxygen atoms in total. The van der Waals surface area contributed by atoms with Gasteiger partial charge in [-0.3, -0.25) is 4.79 Å². The van der Waals surface area contributed by atoms with Crippen LogP contribution in [0.2, 0.25) is 0 Å². The normalized spacial score (nSPS) is 10.6. The minimum atomic E-state index is 0.115. The number of Topliss-reactive ketones (excluding diaryl/α,β-unsaturated/α-hetero) is 1. The van der Waals surface area contributed by atoms with E-state index in [0.29, 0.717) is 57.4 Å². The Balaban J connectivity index is 2.06. The summed E-state index contributed by atoms with van der Waals surface area (Å²) < 4.78 is 15.8. The van der Waals surface area contributed by atoms with Crippen LogP contribution in [0.25, 0.3) is 0 Å². The number of carbonyl (C=O) groups excluding carboxylic acids is 1.